The summed E-state index contributed by atoms with van der Waals surface area (Å²) in [6.45, 7) is 1.12. The van der Waals surface area contributed by atoms with Crippen LogP contribution in [-0.4, -0.2) is 51.3 Å². The fourth-order valence-corrected chi connectivity index (χ4v) is 5.33. The molecule has 1 saturated carbocycles. The number of carbonyl (C=O) groups is 1. The summed E-state index contributed by atoms with van der Waals surface area (Å²) in [5.41, 5.74) is 9.36. The first-order valence-corrected chi connectivity index (χ1v) is 12.0. The Hall–Kier alpha value is -3.14. The highest BCUT2D eigenvalue weighted by molar-refractivity contribution is 5.94. The largest absolute Gasteiger partial charge is 0.573 e. The van der Waals surface area contributed by atoms with Crippen LogP contribution in [0.4, 0.5) is 13.2 Å². The van der Waals surface area contributed by atoms with Crippen molar-refractivity contribution in [1.82, 2.24) is 19.9 Å². The fourth-order valence-electron chi connectivity index (χ4n) is 5.33. The van der Waals surface area contributed by atoms with Crippen LogP contribution in [0.1, 0.15) is 72.1 Å². The highest BCUT2D eigenvalue weighted by Crippen LogP contribution is 2.35. The quantitative estimate of drug-likeness (QED) is 0.548. The number of imidazole rings is 1. The van der Waals surface area contributed by atoms with Gasteiger partial charge in [0.05, 0.1) is 5.52 Å². The Bertz CT molecular complexity index is 1190. The number of amides is 1. The number of alkyl halides is 3. The number of aromatic amines is 1. The number of fused-ring (bicyclic) bond motifs is 1. The van der Waals surface area contributed by atoms with Gasteiger partial charge in [0, 0.05) is 36.8 Å². The molecule has 5 rings (SSSR count). The van der Waals surface area contributed by atoms with Crippen LogP contribution in [0, 0.1) is 0 Å². The van der Waals surface area contributed by atoms with Gasteiger partial charge in [0.1, 0.15) is 11.6 Å². The first-order valence-electron chi connectivity index (χ1n) is 12.0. The van der Waals surface area contributed by atoms with Crippen molar-refractivity contribution in [3.05, 3.63) is 53.5 Å². The maximum atomic E-state index is 12.9. The van der Waals surface area contributed by atoms with E-state index >= 15 is 0 Å². The second-order valence-electron chi connectivity index (χ2n) is 9.48. The van der Waals surface area contributed by atoms with Crippen LogP contribution in [0.5, 0.6) is 5.75 Å². The molecule has 1 aliphatic heterocycles. The molecule has 1 aromatic carbocycles. The first kappa shape index (κ1) is 23.6. The minimum Gasteiger partial charge on any atom is -0.406 e. The van der Waals surface area contributed by atoms with E-state index in [-0.39, 0.29) is 23.6 Å². The van der Waals surface area contributed by atoms with Crippen molar-refractivity contribution in [2.24, 2.45) is 5.73 Å². The molecule has 0 radical (unpaired) electrons. The number of halogens is 3. The molecule has 3 aromatic rings. The van der Waals surface area contributed by atoms with E-state index in [1.165, 1.54) is 12.1 Å². The smallest absolute Gasteiger partial charge is 0.406 e. The van der Waals surface area contributed by atoms with Gasteiger partial charge < -0.3 is 20.4 Å². The lowest BCUT2D eigenvalue weighted by molar-refractivity contribution is -0.274. The number of ether oxygens (including phenoxy) is 1. The number of benzene rings is 1. The minimum atomic E-state index is -4.76. The van der Waals surface area contributed by atoms with E-state index in [9.17, 15) is 18.0 Å². The van der Waals surface area contributed by atoms with Crippen molar-refractivity contribution in [2.75, 3.05) is 13.1 Å². The SMILES string of the molecule is N[C@H]1CCC[C@H](c2nc3nccc(C4CCN(C(=O)c5ccc(OC(F)(F)F)cc5)CC4)c3[nH]2)C1. The van der Waals surface area contributed by atoms with E-state index in [1.54, 1.807) is 11.1 Å². The van der Waals surface area contributed by atoms with Crippen molar-refractivity contribution in [2.45, 2.75) is 62.8 Å². The highest BCUT2D eigenvalue weighted by atomic mass is 19.4. The number of piperidine rings is 1. The highest BCUT2D eigenvalue weighted by Gasteiger charge is 2.31. The molecule has 2 atom stereocenters. The van der Waals surface area contributed by atoms with Crippen LogP contribution in [-0.2, 0) is 0 Å². The van der Waals surface area contributed by atoms with E-state index in [4.69, 9.17) is 10.7 Å². The van der Waals surface area contributed by atoms with E-state index < -0.39 is 6.36 Å². The molecule has 0 unspecified atom stereocenters. The summed E-state index contributed by atoms with van der Waals surface area (Å²) < 4.78 is 41.0. The van der Waals surface area contributed by atoms with Crippen molar-refractivity contribution in [1.29, 1.82) is 0 Å². The van der Waals surface area contributed by atoms with Gasteiger partial charge in [-0.2, -0.15) is 0 Å². The predicted molar refractivity (Wildman–Crippen MR) is 124 cm³/mol. The Labute approximate surface area is 200 Å². The van der Waals surface area contributed by atoms with Gasteiger partial charge in [-0.25, -0.2) is 9.97 Å². The Morgan fingerprint density at radius 3 is 2.49 bits per heavy atom. The number of nitrogens with zero attached hydrogens (tertiary/aromatic N) is 3. The van der Waals surface area contributed by atoms with Gasteiger partial charge in [-0.15, -0.1) is 13.2 Å². The topological polar surface area (TPSA) is 97.1 Å². The normalized spacial score (nSPS) is 21.9. The van der Waals surface area contributed by atoms with Crippen LogP contribution in [0.15, 0.2) is 36.5 Å². The van der Waals surface area contributed by atoms with Crippen LogP contribution in [0.2, 0.25) is 0 Å². The molecule has 2 fully saturated rings. The average Bonchev–Trinajstić information content (AvgIpc) is 3.28. The molecule has 0 spiro atoms. The second-order valence-corrected chi connectivity index (χ2v) is 9.48. The lowest BCUT2D eigenvalue weighted by atomic mass is 9.86. The van der Waals surface area contributed by atoms with Gasteiger partial charge in [-0.1, -0.05) is 6.42 Å². The van der Waals surface area contributed by atoms with Crippen molar-refractivity contribution < 1.29 is 22.7 Å². The average molecular weight is 488 g/mol. The number of rotatable bonds is 4. The maximum absolute atomic E-state index is 12.9. The van der Waals surface area contributed by atoms with E-state index in [1.807, 2.05) is 6.07 Å². The molecule has 2 aliphatic rings. The molecule has 1 amide bonds. The van der Waals surface area contributed by atoms with Crippen LogP contribution >= 0.6 is 0 Å². The summed E-state index contributed by atoms with van der Waals surface area (Å²) in [6.07, 6.45) is 2.76. The molecule has 3 heterocycles. The lowest BCUT2D eigenvalue weighted by Gasteiger charge is -2.32. The van der Waals surface area contributed by atoms with Crippen LogP contribution in [0.3, 0.4) is 0 Å². The molecule has 35 heavy (non-hydrogen) atoms. The van der Waals surface area contributed by atoms with Gasteiger partial charge in [-0.3, -0.25) is 4.79 Å². The molecular weight excluding hydrogens is 459 g/mol. The summed E-state index contributed by atoms with van der Waals surface area (Å²) in [4.78, 5) is 27.4. The molecule has 1 aliphatic carbocycles. The number of nitrogens with one attached hydrogen (secondary N) is 1. The van der Waals surface area contributed by atoms with E-state index in [0.717, 1.165) is 73.2 Å². The minimum absolute atomic E-state index is 0.195. The number of carbonyl (C=O) groups excluding carboxylic acids is 1. The molecule has 186 valence electrons. The molecule has 0 bridgehead atoms. The third kappa shape index (κ3) is 5.27. The number of H-pyrrole nitrogens is 1. The number of aromatic nitrogens is 3. The predicted octanol–water partition coefficient (Wildman–Crippen LogP) is 4.86. The zero-order chi connectivity index (χ0) is 24.6. The zero-order valence-corrected chi connectivity index (χ0v) is 19.2. The Morgan fingerprint density at radius 1 is 1.06 bits per heavy atom. The summed E-state index contributed by atoms with van der Waals surface area (Å²) in [5, 5.41) is 0. The Morgan fingerprint density at radius 2 is 1.80 bits per heavy atom. The number of nitrogens with two attached hydrogens (primary N) is 1. The molecule has 7 nitrogen and oxygen atoms in total. The summed E-state index contributed by atoms with van der Waals surface area (Å²) in [5.74, 6) is 1.01. The molecule has 1 saturated heterocycles. The van der Waals surface area contributed by atoms with Crippen molar-refractivity contribution in [3.8, 4) is 5.75 Å². The lowest BCUT2D eigenvalue weighted by Crippen LogP contribution is -2.38. The zero-order valence-electron chi connectivity index (χ0n) is 19.2. The summed E-state index contributed by atoms with van der Waals surface area (Å²) in [7, 11) is 0. The molecular formula is C25H28F3N5O2. The fraction of sp³-hybridized carbons (Fsp3) is 0.480. The monoisotopic (exact) mass is 487 g/mol. The van der Waals surface area contributed by atoms with Crippen molar-refractivity contribution >= 4 is 17.1 Å². The number of hydrogen-bond donors (Lipinski definition) is 2. The Balaban J connectivity index is 1.25. The van der Waals surface area contributed by atoms with Crippen molar-refractivity contribution in [3.63, 3.8) is 0 Å². The second kappa shape index (κ2) is 9.49. The number of likely N-dealkylation sites (tertiary alicyclic amines) is 1. The van der Waals surface area contributed by atoms with Crippen LogP contribution < -0.4 is 10.5 Å². The third-order valence-corrected chi connectivity index (χ3v) is 7.10. The van der Waals surface area contributed by atoms with Gasteiger partial charge in [-0.05, 0) is 73.9 Å². The van der Waals surface area contributed by atoms with Gasteiger partial charge in [0.15, 0.2) is 5.65 Å². The van der Waals surface area contributed by atoms with E-state index in [2.05, 4.69) is 14.7 Å². The van der Waals surface area contributed by atoms with Crippen LogP contribution in [0.25, 0.3) is 11.2 Å². The summed E-state index contributed by atoms with van der Waals surface area (Å²) in [6, 6.07) is 7.30. The number of hydrogen-bond acceptors (Lipinski definition) is 5. The van der Waals surface area contributed by atoms with Gasteiger partial charge in [0.25, 0.3) is 5.91 Å². The van der Waals surface area contributed by atoms with E-state index in [0.29, 0.717) is 24.6 Å². The van der Waals surface area contributed by atoms with Gasteiger partial charge >= 0.3 is 6.36 Å². The molecule has 3 N–H and O–H groups in total. The standard InChI is InChI=1S/C25H28F3N5O2/c26-25(27,28)35-19-6-4-16(5-7-19)24(34)33-12-9-15(10-13-33)20-8-11-30-23-21(20)31-22(32-23)17-2-1-3-18(29)14-17/h4-8,11,15,17-18H,1-3,9-10,12-14,29H2,(H,30,31,32)/t17-,18-/m0/s1. The van der Waals surface area contributed by atoms with Gasteiger partial charge in [0.2, 0.25) is 0 Å². The maximum Gasteiger partial charge on any atom is 0.573 e. The Kier molecular flexibility index (Phi) is 6.39. The molecule has 2 aromatic heterocycles. The first-order chi connectivity index (χ1) is 16.8. The summed E-state index contributed by atoms with van der Waals surface area (Å²) >= 11 is 0. The third-order valence-electron chi connectivity index (χ3n) is 7.10. The number of pyridine rings is 1. The molecule has 10 heteroatoms.